The van der Waals surface area contributed by atoms with E-state index in [2.05, 4.69) is 13.8 Å². The van der Waals surface area contributed by atoms with Crippen LogP contribution in [0, 0.1) is 5.92 Å². The Morgan fingerprint density at radius 2 is 1.09 bits per heavy atom. The molecule has 0 aromatic carbocycles. The van der Waals surface area contributed by atoms with Crippen LogP contribution in [0.3, 0.4) is 0 Å². The highest BCUT2D eigenvalue weighted by atomic mass is 32.2. The number of unbranched alkanes of at least 4 members (excludes halogenated alkanes) is 13. The fourth-order valence-electron chi connectivity index (χ4n) is 2.95. The zero-order chi connectivity index (χ0) is 17.0. The first-order valence-electron chi connectivity index (χ1n) is 10.5. The van der Waals surface area contributed by atoms with Gasteiger partial charge in [-0.1, -0.05) is 104 Å². The van der Waals surface area contributed by atoms with E-state index in [1.54, 1.807) is 0 Å². The van der Waals surface area contributed by atoms with Crippen LogP contribution in [0.25, 0.3) is 0 Å². The summed E-state index contributed by atoms with van der Waals surface area (Å²) < 4.78 is 0. The second-order valence-corrected chi connectivity index (χ2v) is 8.28. The van der Waals surface area contributed by atoms with Gasteiger partial charge in [-0.15, -0.1) is 0 Å². The topological polar surface area (TPSA) is 20.2 Å². The van der Waals surface area contributed by atoms with Gasteiger partial charge in [-0.25, -0.2) is 0 Å². The summed E-state index contributed by atoms with van der Waals surface area (Å²) in [7, 11) is 0. The van der Waals surface area contributed by atoms with Gasteiger partial charge in [0.2, 0.25) is 0 Å². The van der Waals surface area contributed by atoms with Crippen molar-refractivity contribution in [2.45, 2.75) is 110 Å². The molecule has 0 aromatic heterocycles. The van der Waals surface area contributed by atoms with Crippen LogP contribution >= 0.6 is 11.8 Å². The van der Waals surface area contributed by atoms with Crippen molar-refractivity contribution in [3.8, 4) is 0 Å². The monoisotopic (exact) mass is 344 g/mol. The Balaban J connectivity index is 3.02. The van der Waals surface area contributed by atoms with Gasteiger partial charge in [-0.3, -0.25) is 0 Å². The van der Waals surface area contributed by atoms with Crippen molar-refractivity contribution in [2.24, 2.45) is 5.92 Å². The van der Waals surface area contributed by atoms with Crippen molar-refractivity contribution in [1.82, 2.24) is 0 Å². The van der Waals surface area contributed by atoms with E-state index in [9.17, 15) is 0 Å². The molecule has 1 atom stereocenters. The van der Waals surface area contributed by atoms with Gasteiger partial charge in [0.25, 0.3) is 0 Å². The zero-order valence-corrected chi connectivity index (χ0v) is 17.0. The van der Waals surface area contributed by atoms with E-state index < -0.39 is 0 Å². The number of thioether (sulfide) groups is 1. The third kappa shape index (κ3) is 18.5. The molecule has 1 nitrogen and oxygen atoms in total. The van der Waals surface area contributed by atoms with Gasteiger partial charge in [0.05, 0.1) is 0 Å². The van der Waals surface area contributed by atoms with Crippen LogP contribution in [-0.4, -0.2) is 23.2 Å². The van der Waals surface area contributed by atoms with Gasteiger partial charge in [0.1, 0.15) is 0 Å². The number of hydrogen-bond acceptors (Lipinski definition) is 2. The molecule has 0 aliphatic heterocycles. The Kier molecular flexibility index (Phi) is 20.6. The van der Waals surface area contributed by atoms with Crippen LogP contribution in [0.5, 0.6) is 0 Å². The predicted molar refractivity (Wildman–Crippen MR) is 109 cm³/mol. The zero-order valence-electron chi connectivity index (χ0n) is 16.2. The van der Waals surface area contributed by atoms with Gasteiger partial charge >= 0.3 is 0 Å². The third-order valence-electron chi connectivity index (χ3n) is 4.83. The fourth-order valence-corrected chi connectivity index (χ4v) is 4.20. The maximum absolute atomic E-state index is 9.14. The SMILES string of the molecule is CCCCCCCCCCCCCCCCSCC(CC)CO. The van der Waals surface area contributed by atoms with Crippen LogP contribution in [0.15, 0.2) is 0 Å². The minimum atomic E-state index is 0.363. The fraction of sp³-hybridized carbons (Fsp3) is 1.00. The predicted octanol–water partition coefficient (Wildman–Crippen LogP) is 7.22. The average molecular weight is 345 g/mol. The highest BCUT2D eigenvalue weighted by Gasteiger charge is 2.03. The molecule has 0 spiro atoms. The lowest BCUT2D eigenvalue weighted by molar-refractivity contribution is 0.237. The van der Waals surface area contributed by atoms with Crippen molar-refractivity contribution in [3.05, 3.63) is 0 Å². The molecule has 0 saturated carbocycles. The lowest BCUT2D eigenvalue weighted by atomic mass is 10.0. The van der Waals surface area contributed by atoms with E-state index in [0.717, 1.165) is 12.2 Å². The van der Waals surface area contributed by atoms with Gasteiger partial charge in [0.15, 0.2) is 0 Å². The Labute approximate surface area is 151 Å². The summed E-state index contributed by atoms with van der Waals surface area (Å²) in [6, 6.07) is 0. The van der Waals surface area contributed by atoms with Crippen LogP contribution in [-0.2, 0) is 0 Å². The van der Waals surface area contributed by atoms with Gasteiger partial charge < -0.3 is 5.11 Å². The van der Waals surface area contributed by atoms with Crippen LogP contribution in [0.1, 0.15) is 110 Å². The van der Waals surface area contributed by atoms with Crippen LogP contribution in [0.2, 0.25) is 0 Å². The van der Waals surface area contributed by atoms with E-state index in [-0.39, 0.29) is 0 Å². The van der Waals surface area contributed by atoms with E-state index in [1.165, 1.54) is 95.6 Å². The first kappa shape index (κ1) is 23.3. The molecule has 0 aromatic rings. The van der Waals surface area contributed by atoms with E-state index in [1.807, 2.05) is 11.8 Å². The lowest BCUT2D eigenvalue weighted by Crippen LogP contribution is -2.07. The second-order valence-electron chi connectivity index (χ2n) is 7.13. The standard InChI is InChI=1S/C21H44OS/c1-3-5-6-7-8-9-10-11-12-13-14-15-16-17-18-23-20-21(4-2)19-22/h21-22H,3-20H2,1-2H3. The molecule has 0 aliphatic carbocycles. The van der Waals surface area contributed by atoms with Gasteiger partial charge in [0, 0.05) is 6.61 Å². The third-order valence-corrected chi connectivity index (χ3v) is 6.12. The Morgan fingerprint density at radius 1 is 0.652 bits per heavy atom. The number of aliphatic hydroxyl groups excluding tert-OH is 1. The molecule has 0 fully saturated rings. The summed E-state index contributed by atoms with van der Waals surface area (Å²) in [5.74, 6) is 2.95. The largest absolute Gasteiger partial charge is 0.396 e. The molecule has 0 aliphatic rings. The molecule has 23 heavy (non-hydrogen) atoms. The minimum Gasteiger partial charge on any atom is -0.396 e. The molecule has 140 valence electrons. The van der Waals surface area contributed by atoms with Crippen molar-refractivity contribution < 1.29 is 5.11 Å². The Bertz CT molecular complexity index is 204. The number of aliphatic hydroxyl groups is 1. The normalized spacial score (nSPS) is 12.7. The number of rotatable bonds is 19. The van der Waals surface area contributed by atoms with Gasteiger partial charge in [-0.05, 0) is 23.8 Å². The molecule has 0 amide bonds. The lowest BCUT2D eigenvalue weighted by Gasteiger charge is -2.10. The number of hydrogen-bond donors (Lipinski definition) is 1. The summed E-state index contributed by atoms with van der Waals surface area (Å²) in [6.07, 6.45) is 21.2. The van der Waals surface area contributed by atoms with Gasteiger partial charge in [-0.2, -0.15) is 11.8 Å². The molecule has 0 radical (unpaired) electrons. The highest BCUT2D eigenvalue weighted by molar-refractivity contribution is 7.99. The Hall–Kier alpha value is 0.310. The van der Waals surface area contributed by atoms with Crippen molar-refractivity contribution in [1.29, 1.82) is 0 Å². The average Bonchev–Trinajstić information content (AvgIpc) is 2.58. The Morgan fingerprint density at radius 3 is 1.48 bits per heavy atom. The molecular formula is C21H44OS. The summed E-state index contributed by atoms with van der Waals surface area (Å²) in [5.41, 5.74) is 0. The first-order valence-corrected chi connectivity index (χ1v) is 11.7. The molecule has 2 heteroatoms. The molecule has 1 N–H and O–H groups in total. The van der Waals surface area contributed by atoms with Crippen molar-refractivity contribution in [2.75, 3.05) is 18.1 Å². The quantitative estimate of drug-likeness (QED) is 0.250. The highest BCUT2D eigenvalue weighted by Crippen LogP contribution is 2.16. The maximum Gasteiger partial charge on any atom is 0.0467 e. The smallest absolute Gasteiger partial charge is 0.0467 e. The summed E-state index contributed by atoms with van der Waals surface area (Å²) >= 11 is 2.03. The molecule has 1 unspecified atom stereocenters. The minimum absolute atomic E-state index is 0.363. The summed E-state index contributed by atoms with van der Waals surface area (Å²) in [6.45, 7) is 4.83. The van der Waals surface area contributed by atoms with Crippen molar-refractivity contribution in [3.63, 3.8) is 0 Å². The molecule has 0 bridgehead atoms. The van der Waals surface area contributed by atoms with Crippen molar-refractivity contribution >= 4 is 11.8 Å². The molecular weight excluding hydrogens is 300 g/mol. The second kappa shape index (κ2) is 20.4. The van der Waals surface area contributed by atoms with Crippen LogP contribution < -0.4 is 0 Å². The summed E-state index contributed by atoms with van der Waals surface area (Å²) in [5, 5.41) is 9.14. The van der Waals surface area contributed by atoms with E-state index in [0.29, 0.717) is 12.5 Å². The molecule has 0 rings (SSSR count). The van der Waals surface area contributed by atoms with E-state index in [4.69, 9.17) is 5.11 Å². The van der Waals surface area contributed by atoms with E-state index >= 15 is 0 Å². The van der Waals surface area contributed by atoms with Crippen LogP contribution in [0.4, 0.5) is 0 Å². The first-order chi connectivity index (χ1) is 11.3. The maximum atomic E-state index is 9.14. The summed E-state index contributed by atoms with van der Waals surface area (Å²) in [4.78, 5) is 0. The molecule has 0 saturated heterocycles. The molecule has 0 heterocycles.